The summed E-state index contributed by atoms with van der Waals surface area (Å²) in [6.07, 6.45) is -4.58. The van der Waals surface area contributed by atoms with E-state index in [4.69, 9.17) is 10.5 Å². The molecule has 0 amide bonds. The molecule has 0 aliphatic carbocycles. The predicted octanol–water partition coefficient (Wildman–Crippen LogP) is 2.85. The summed E-state index contributed by atoms with van der Waals surface area (Å²) < 4.78 is 43.2. The molecule has 0 unspecified atom stereocenters. The maximum atomic E-state index is 12.7. The zero-order valence-corrected chi connectivity index (χ0v) is 11.3. The number of benzene rings is 1. The van der Waals surface area contributed by atoms with Crippen molar-refractivity contribution < 1.29 is 17.9 Å². The third-order valence-corrected chi connectivity index (χ3v) is 2.82. The lowest BCUT2D eigenvalue weighted by molar-refractivity contribution is -0.141. The number of aromatic nitrogens is 2. The van der Waals surface area contributed by atoms with Gasteiger partial charge in [0.1, 0.15) is 11.6 Å². The van der Waals surface area contributed by atoms with Gasteiger partial charge in [0.15, 0.2) is 5.69 Å². The summed E-state index contributed by atoms with van der Waals surface area (Å²) in [5.41, 5.74) is 4.91. The molecule has 1 aromatic heterocycles. The molecule has 2 rings (SSSR count). The number of nitrogen functional groups attached to an aromatic ring is 1. The fourth-order valence-electron chi connectivity index (χ4n) is 1.71. The molecule has 0 radical (unpaired) electrons. The smallest absolute Gasteiger partial charge is 0.433 e. The second-order valence-electron chi connectivity index (χ2n) is 4.22. The van der Waals surface area contributed by atoms with Crippen LogP contribution >= 0.6 is 0 Å². The molecule has 112 valence electrons. The summed E-state index contributed by atoms with van der Waals surface area (Å²) in [4.78, 5) is 8.51. The number of hydrogen-bond acceptors (Lipinski definition) is 5. The molecule has 0 fully saturated rings. The molecule has 1 heterocycles. The molecule has 21 heavy (non-hydrogen) atoms. The predicted molar refractivity (Wildman–Crippen MR) is 72.5 cm³/mol. The highest BCUT2D eigenvalue weighted by molar-refractivity contribution is 5.61. The van der Waals surface area contributed by atoms with Gasteiger partial charge in [0.25, 0.3) is 0 Å². The molecular formula is C13H13F3N4O. The van der Waals surface area contributed by atoms with Crippen molar-refractivity contribution in [2.45, 2.75) is 6.18 Å². The van der Waals surface area contributed by atoms with Crippen LogP contribution in [0, 0.1) is 0 Å². The van der Waals surface area contributed by atoms with E-state index >= 15 is 0 Å². The maximum Gasteiger partial charge on any atom is 0.433 e. The van der Waals surface area contributed by atoms with Gasteiger partial charge in [0, 0.05) is 18.8 Å². The Hall–Kier alpha value is -2.51. The van der Waals surface area contributed by atoms with Crippen molar-refractivity contribution >= 4 is 17.5 Å². The second kappa shape index (κ2) is 5.47. The van der Waals surface area contributed by atoms with Crippen LogP contribution in [0.1, 0.15) is 5.69 Å². The van der Waals surface area contributed by atoms with Crippen LogP contribution in [0.25, 0.3) is 0 Å². The highest BCUT2D eigenvalue weighted by atomic mass is 19.4. The molecule has 5 nitrogen and oxygen atoms in total. The van der Waals surface area contributed by atoms with Crippen molar-refractivity contribution in [1.29, 1.82) is 0 Å². The number of nitrogens with two attached hydrogens (primary N) is 1. The summed E-state index contributed by atoms with van der Waals surface area (Å²) >= 11 is 0. The molecule has 8 heteroatoms. The Morgan fingerprint density at radius 1 is 1.14 bits per heavy atom. The van der Waals surface area contributed by atoms with Crippen LogP contribution in [-0.4, -0.2) is 24.1 Å². The SMILES string of the molecule is COc1ccc(N(C)c2cc(C(F)(F)F)nc(N)n2)cc1. The summed E-state index contributed by atoms with van der Waals surface area (Å²) in [7, 11) is 3.11. The van der Waals surface area contributed by atoms with Crippen molar-refractivity contribution in [2.75, 3.05) is 24.8 Å². The summed E-state index contributed by atoms with van der Waals surface area (Å²) in [6, 6.07) is 7.64. The molecule has 2 aromatic rings. The highest BCUT2D eigenvalue weighted by Crippen LogP contribution is 2.32. The summed E-state index contributed by atoms with van der Waals surface area (Å²) in [5, 5.41) is 0. The van der Waals surface area contributed by atoms with E-state index in [2.05, 4.69) is 9.97 Å². The quantitative estimate of drug-likeness (QED) is 0.944. The minimum atomic E-state index is -4.58. The van der Waals surface area contributed by atoms with Crippen LogP contribution in [-0.2, 0) is 6.18 Å². The van der Waals surface area contributed by atoms with Crippen molar-refractivity contribution in [3.05, 3.63) is 36.0 Å². The Bertz CT molecular complexity index is 628. The molecule has 2 N–H and O–H groups in total. The maximum absolute atomic E-state index is 12.7. The normalized spacial score (nSPS) is 11.3. The van der Waals surface area contributed by atoms with E-state index in [9.17, 15) is 13.2 Å². The molecule has 0 saturated carbocycles. The number of rotatable bonds is 3. The fraction of sp³-hybridized carbons (Fsp3) is 0.231. The minimum absolute atomic E-state index is 0.0555. The number of anilines is 3. The second-order valence-corrected chi connectivity index (χ2v) is 4.22. The molecular weight excluding hydrogens is 285 g/mol. The highest BCUT2D eigenvalue weighted by Gasteiger charge is 2.33. The van der Waals surface area contributed by atoms with Gasteiger partial charge in [-0.1, -0.05) is 0 Å². The van der Waals surface area contributed by atoms with Crippen LogP contribution in [0.15, 0.2) is 30.3 Å². The van der Waals surface area contributed by atoms with E-state index in [0.717, 1.165) is 6.07 Å². The lowest BCUT2D eigenvalue weighted by atomic mass is 10.2. The van der Waals surface area contributed by atoms with Crippen molar-refractivity contribution in [3.8, 4) is 5.75 Å². The average molecular weight is 298 g/mol. The number of methoxy groups -OCH3 is 1. The largest absolute Gasteiger partial charge is 0.497 e. The van der Waals surface area contributed by atoms with Crippen LogP contribution in [0.2, 0.25) is 0 Å². The number of ether oxygens (including phenoxy) is 1. The van der Waals surface area contributed by atoms with Crippen molar-refractivity contribution in [3.63, 3.8) is 0 Å². The topological polar surface area (TPSA) is 64.3 Å². The van der Waals surface area contributed by atoms with Gasteiger partial charge in [-0.2, -0.15) is 18.2 Å². The minimum Gasteiger partial charge on any atom is -0.497 e. The Labute approximate surface area is 119 Å². The summed E-state index contributed by atoms with van der Waals surface area (Å²) in [5.74, 6) is 0.269. The van der Waals surface area contributed by atoms with E-state index in [-0.39, 0.29) is 5.82 Å². The molecule has 0 saturated heterocycles. The van der Waals surface area contributed by atoms with Gasteiger partial charge in [-0.25, -0.2) is 4.98 Å². The third-order valence-electron chi connectivity index (χ3n) is 2.82. The molecule has 0 bridgehead atoms. The first-order valence-electron chi connectivity index (χ1n) is 5.91. The van der Waals surface area contributed by atoms with Gasteiger partial charge >= 0.3 is 6.18 Å². The fourth-order valence-corrected chi connectivity index (χ4v) is 1.71. The van der Waals surface area contributed by atoms with E-state index < -0.39 is 17.8 Å². The van der Waals surface area contributed by atoms with Gasteiger partial charge < -0.3 is 15.4 Å². The Morgan fingerprint density at radius 3 is 2.29 bits per heavy atom. The first-order chi connectivity index (χ1) is 9.81. The van der Waals surface area contributed by atoms with E-state index in [0.29, 0.717) is 11.4 Å². The Balaban J connectivity index is 2.38. The molecule has 0 spiro atoms. The van der Waals surface area contributed by atoms with Crippen LogP contribution < -0.4 is 15.4 Å². The van der Waals surface area contributed by atoms with Gasteiger partial charge in [0.2, 0.25) is 5.95 Å². The van der Waals surface area contributed by atoms with E-state index in [1.807, 2.05) is 0 Å². The first-order valence-corrected chi connectivity index (χ1v) is 5.91. The number of nitrogens with zero attached hydrogens (tertiary/aromatic N) is 3. The van der Waals surface area contributed by atoms with Crippen molar-refractivity contribution in [1.82, 2.24) is 9.97 Å². The zero-order valence-electron chi connectivity index (χ0n) is 11.3. The van der Waals surface area contributed by atoms with Gasteiger partial charge in [-0.3, -0.25) is 0 Å². The van der Waals surface area contributed by atoms with Gasteiger partial charge in [0.05, 0.1) is 7.11 Å². The van der Waals surface area contributed by atoms with E-state index in [1.54, 1.807) is 31.3 Å². The Morgan fingerprint density at radius 2 is 1.76 bits per heavy atom. The first kappa shape index (κ1) is 14.9. The Kier molecular flexibility index (Phi) is 3.88. The zero-order chi connectivity index (χ0) is 15.6. The molecule has 0 aliphatic rings. The van der Waals surface area contributed by atoms with Crippen molar-refractivity contribution in [2.24, 2.45) is 0 Å². The van der Waals surface area contributed by atoms with Crippen LogP contribution in [0.4, 0.5) is 30.6 Å². The molecule has 1 aromatic carbocycles. The van der Waals surface area contributed by atoms with Crippen LogP contribution in [0.5, 0.6) is 5.75 Å². The number of halogens is 3. The molecule has 0 atom stereocenters. The third kappa shape index (κ3) is 3.33. The lowest BCUT2D eigenvalue weighted by Gasteiger charge is -2.19. The summed E-state index contributed by atoms with van der Waals surface area (Å²) in [6.45, 7) is 0. The molecule has 0 aliphatic heterocycles. The van der Waals surface area contributed by atoms with Gasteiger partial charge in [-0.05, 0) is 24.3 Å². The number of alkyl halides is 3. The number of hydrogen-bond donors (Lipinski definition) is 1. The van der Waals surface area contributed by atoms with E-state index in [1.165, 1.54) is 12.0 Å². The average Bonchev–Trinajstić information content (AvgIpc) is 2.45. The standard InChI is InChI=1S/C13H13F3N4O/c1-20(8-3-5-9(21-2)6-4-8)11-7-10(13(14,15)16)18-12(17)19-11/h3-7H,1-2H3,(H2,17,18,19). The van der Waals surface area contributed by atoms with Gasteiger partial charge in [-0.15, -0.1) is 0 Å². The van der Waals surface area contributed by atoms with Crippen LogP contribution in [0.3, 0.4) is 0 Å². The monoisotopic (exact) mass is 298 g/mol. The lowest BCUT2D eigenvalue weighted by Crippen LogP contribution is -2.16.